The highest BCUT2D eigenvalue weighted by atomic mass is 79.9. The molecule has 124 valence electrons. The highest BCUT2D eigenvalue weighted by molar-refractivity contribution is 9.10. The van der Waals surface area contributed by atoms with Crippen LogP contribution in [0.5, 0.6) is 0 Å². The highest BCUT2D eigenvalue weighted by Gasteiger charge is 2.15. The SMILES string of the molecule is O=c1oc2ccccc2c(C#Cc2ccccc2)c1-c1ccc(Br)cc1. The average molecular weight is 401 g/mol. The maximum absolute atomic E-state index is 12.7. The first-order valence-corrected chi connectivity index (χ1v) is 8.90. The van der Waals surface area contributed by atoms with Gasteiger partial charge in [0.05, 0.1) is 11.1 Å². The molecule has 4 aromatic rings. The molecule has 1 heterocycles. The van der Waals surface area contributed by atoms with E-state index in [9.17, 15) is 4.79 Å². The van der Waals surface area contributed by atoms with Crippen molar-refractivity contribution in [1.29, 1.82) is 0 Å². The van der Waals surface area contributed by atoms with Gasteiger partial charge in [-0.3, -0.25) is 0 Å². The van der Waals surface area contributed by atoms with Crippen LogP contribution in [0.4, 0.5) is 0 Å². The molecule has 4 rings (SSSR count). The smallest absolute Gasteiger partial charge is 0.345 e. The molecular weight excluding hydrogens is 388 g/mol. The Kier molecular flexibility index (Phi) is 4.43. The highest BCUT2D eigenvalue weighted by Crippen LogP contribution is 2.27. The molecule has 0 radical (unpaired) electrons. The molecule has 0 fully saturated rings. The number of para-hydroxylation sites is 1. The van der Waals surface area contributed by atoms with E-state index in [1.165, 1.54) is 0 Å². The van der Waals surface area contributed by atoms with Gasteiger partial charge < -0.3 is 4.42 Å². The van der Waals surface area contributed by atoms with E-state index in [0.717, 1.165) is 21.0 Å². The van der Waals surface area contributed by atoms with Crippen molar-refractivity contribution in [3.63, 3.8) is 0 Å². The molecule has 0 amide bonds. The minimum atomic E-state index is -0.386. The molecule has 1 aromatic heterocycles. The van der Waals surface area contributed by atoms with Gasteiger partial charge >= 0.3 is 5.63 Å². The van der Waals surface area contributed by atoms with Crippen LogP contribution in [0.3, 0.4) is 0 Å². The number of fused-ring (bicyclic) bond motifs is 1. The standard InChI is InChI=1S/C23H13BrO2/c24-18-13-11-17(12-14-18)22-20(15-10-16-6-2-1-3-7-16)19-8-4-5-9-21(19)26-23(22)25/h1-9,11-14H. The molecule has 0 aliphatic carbocycles. The van der Waals surface area contributed by atoms with Gasteiger partial charge in [-0.2, -0.15) is 0 Å². The molecule has 26 heavy (non-hydrogen) atoms. The van der Waals surface area contributed by atoms with Crippen LogP contribution in [0.15, 0.2) is 92.5 Å². The molecule has 3 aromatic carbocycles. The lowest BCUT2D eigenvalue weighted by molar-refractivity contribution is 0.563. The van der Waals surface area contributed by atoms with E-state index in [0.29, 0.717) is 16.7 Å². The van der Waals surface area contributed by atoms with Gasteiger partial charge in [-0.15, -0.1) is 0 Å². The molecule has 0 saturated carbocycles. The van der Waals surface area contributed by atoms with Gasteiger partial charge in [0.25, 0.3) is 0 Å². The van der Waals surface area contributed by atoms with Gasteiger partial charge in [0, 0.05) is 15.4 Å². The zero-order valence-electron chi connectivity index (χ0n) is 13.7. The summed E-state index contributed by atoms with van der Waals surface area (Å²) in [7, 11) is 0. The largest absolute Gasteiger partial charge is 0.422 e. The summed E-state index contributed by atoms with van der Waals surface area (Å²) < 4.78 is 6.48. The average Bonchev–Trinajstić information content (AvgIpc) is 2.67. The van der Waals surface area contributed by atoms with Crippen molar-refractivity contribution < 1.29 is 4.42 Å². The lowest BCUT2D eigenvalue weighted by Gasteiger charge is -2.07. The van der Waals surface area contributed by atoms with Gasteiger partial charge in [0.2, 0.25) is 0 Å². The van der Waals surface area contributed by atoms with E-state index in [1.807, 2.05) is 72.8 Å². The molecule has 3 heteroatoms. The molecule has 0 aliphatic heterocycles. The summed E-state index contributed by atoms with van der Waals surface area (Å²) in [6.45, 7) is 0. The zero-order chi connectivity index (χ0) is 17.9. The Bertz CT molecular complexity index is 1190. The van der Waals surface area contributed by atoms with Crippen molar-refractivity contribution in [2.24, 2.45) is 0 Å². The molecule has 0 aliphatic rings. The molecular formula is C23H13BrO2. The normalized spacial score (nSPS) is 10.3. The molecule has 0 bridgehead atoms. The first-order valence-electron chi connectivity index (χ1n) is 8.11. The molecule has 0 saturated heterocycles. The third-order valence-corrected chi connectivity index (χ3v) is 4.58. The van der Waals surface area contributed by atoms with Crippen molar-refractivity contribution in [3.8, 4) is 23.0 Å². The molecule has 0 N–H and O–H groups in total. The quantitative estimate of drug-likeness (QED) is 0.306. The third-order valence-electron chi connectivity index (χ3n) is 4.05. The number of rotatable bonds is 1. The lowest BCUT2D eigenvalue weighted by Crippen LogP contribution is -2.06. The first kappa shape index (κ1) is 16.4. The minimum Gasteiger partial charge on any atom is -0.422 e. The van der Waals surface area contributed by atoms with Crippen LogP contribution in [-0.2, 0) is 0 Å². The predicted molar refractivity (Wildman–Crippen MR) is 108 cm³/mol. The summed E-state index contributed by atoms with van der Waals surface area (Å²) in [5.41, 5.74) is 3.00. The van der Waals surface area contributed by atoms with Crippen molar-refractivity contribution >= 4 is 26.9 Å². The topological polar surface area (TPSA) is 30.2 Å². The van der Waals surface area contributed by atoms with Crippen molar-refractivity contribution in [2.45, 2.75) is 0 Å². The second-order valence-electron chi connectivity index (χ2n) is 5.76. The lowest BCUT2D eigenvalue weighted by atomic mass is 9.98. The maximum Gasteiger partial charge on any atom is 0.345 e. The van der Waals surface area contributed by atoms with E-state index in [-0.39, 0.29) is 5.63 Å². The predicted octanol–water partition coefficient (Wildman–Crippen LogP) is 5.62. The molecule has 2 nitrogen and oxygen atoms in total. The zero-order valence-corrected chi connectivity index (χ0v) is 15.3. The summed E-state index contributed by atoms with van der Waals surface area (Å²) in [6, 6.07) is 24.8. The van der Waals surface area contributed by atoms with Crippen molar-refractivity contribution in [1.82, 2.24) is 0 Å². The summed E-state index contributed by atoms with van der Waals surface area (Å²) in [5.74, 6) is 6.37. The fraction of sp³-hybridized carbons (Fsp3) is 0. The van der Waals surface area contributed by atoms with E-state index < -0.39 is 0 Å². The fourth-order valence-electron chi connectivity index (χ4n) is 2.81. The van der Waals surface area contributed by atoms with Crippen LogP contribution >= 0.6 is 15.9 Å². The van der Waals surface area contributed by atoms with Gasteiger partial charge in [-0.05, 0) is 42.0 Å². The fourth-order valence-corrected chi connectivity index (χ4v) is 3.08. The van der Waals surface area contributed by atoms with Gasteiger partial charge in [0.1, 0.15) is 5.58 Å². The van der Waals surface area contributed by atoms with Crippen LogP contribution in [0.25, 0.3) is 22.1 Å². The van der Waals surface area contributed by atoms with E-state index in [4.69, 9.17) is 4.42 Å². The second-order valence-corrected chi connectivity index (χ2v) is 6.67. The third kappa shape index (κ3) is 3.20. The van der Waals surface area contributed by atoms with E-state index >= 15 is 0 Å². The van der Waals surface area contributed by atoms with Crippen molar-refractivity contribution in [2.75, 3.05) is 0 Å². The Morgan fingerprint density at radius 2 is 1.46 bits per heavy atom. The van der Waals surface area contributed by atoms with Gasteiger partial charge in [0.15, 0.2) is 0 Å². The van der Waals surface area contributed by atoms with Crippen LogP contribution in [-0.4, -0.2) is 0 Å². The summed E-state index contributed by atoms with van der Waals surface area (Å²) in [6.07, 6.45) is 0. The monoisotopic (exact) mass is 400 g/mol. The molecule has 0 atom stereocenters. The Morgan fingerprint density at radius 3 is 2.23 bits per heavy atom. The number of hydrogen-bond donors (Lipinski definition) is 0. The molecule has 0 spiro atoms. The Morgan fingerprint density at radius 1 is 0.769 bits per heavy atom. The number of benzene rings is 3. The van der Waals surface area contributed by atoms with E-state index in [1.54, 1.807) is 6.07 Å². The molecule has 0 unspecified atom stereocenters. The summed E-state index contributed by atoms with van der Waals surface area (Å²) >= 11 is 3.43. The van der Waals surface area contributed by atoms with E-state index in [2.05, 4.69) is 27.8 Å². The number of halogens is 1. The Labute approximate surface area is 159 Å². The first-order chi connectivity index (χ1) is 12.7. The Balaban J connectivity index is 2.02. The summed E-state index contributed by atoms with van der Waals surface area (Å²) in [4.78, 5) is 12.7. The van der Waals surface area contributed by atoms with Gasteiger partial charge in [-0.1, -0.05) is 70.2 Å². The van der Waals surface area contributed by atoms with Crippen LogP contribution in [0, 0.1) is 11.8 Å². The van der Waals surface area contributed by atoms with Crippen LogP contribution in [0.1, 0.15) is 11.1 Å². The van der Waals surface area contributed by atoms with Gasteiger partial charge in [-0.25, -0.2) is 4.79 Å². The van der Waals surface area contributed by atoms with Crippen LogP contribution in [0.2, 0.25) is 0 Å². The van der Waals surface area contributed by atoms with Crippen LogP contribution < -0.4 is 5.63 Å². The maximum atomic E-state index is 12.7. The minimum absolute atomic E-state index is 0.386. The summed E-state index contributed by atoms with van der Waals surface area (Å²) in [5, 5.41) is 0.827. The Hall–Kier alpha value is -3.09. The number of hydrogen-bond acceptors (Lipinski definition) is 2. The second kappa shape index (κ2) is 7.03. The van der Waals surface area contributed by atoms with Crippen molar-refractivity contribution in [3.05, 3.63) is 105 Å².